The second kappa shape index (κ2) is 3.90. The van der Waals surface area contributed by atoms with Crippen LogP contribution in [0.1, 0.15) is 13.3 Å². The number of hydrogen-bond donors (Lipinski definition) is 0. The molecule has 70 valence electrons. The van der Waals surface area contributed by atoms with Gasteiger partial charge in [-0.15, -0.1) is 0 Å². The molecule has 0 saturated carbocycles. The monoisotopic (exact) mass is 170 g/mol. The van der Waals surface area contributed by atoms with E-state index < -0.39 is 0 Å². The Morgan fingerprint density at radius 1 is 1.50 bits per heavy atom. The first-order valence-electron chi connectivity index (χ1n) is 4.58. The van der Waals surface area contributed by atoms with Gasteiger partial charge >= 0.3 is 0 Å². The van der Waals surface area contributed by atoms with Gasteiger partial charge in [0, 0.05) is 27.2 Å². The van der Waals surface area contributed by atoms with E-state index in [1.807, 2.05) is 14.1 Å². The van der Waals surface area contributed by atoms with Gasteiger partial charge in [0.15, 0.2) is 0 Å². The minimum absolute atomic E-state index is 0.270. The van der Waals surface area contributed by atoms with Crippen molar-refractivity contribution in [2.45, 2.75) is 13.3 Å². The molecule has 0 aromatic carbocycles. The summed E-state index contributed by atoms with van der Waals surface area (Å²) in [5.74, 6) is 0.550. The molecule has 1 saturated heterocycles. The number of hydrogen-bond acceptors (Lipinski definition) is 2. The molecule has 1 aliphatic heterocycles. The van der Waals surface area contributed by atoms with Crippen LogP contribution in [0.2, 0.25) is 0 Å². The van der Waals surface area contributed by atoms with Crippen LogP contribution in [0.4, 0.5) is 0 Å². The van der Waals surface area contributed by atoms with Crippen molar-refractivity contribution in [1.29, 1.82) is 0 Å². The number of carbonyl (C=O) groups is 1. The molecule has 12 heavy (non-hydrogen) atoms. The molecule has 0 spiro atoms. The smallest absolute Gasteiger partial charge is 0.227 e. The Morgan fingerprint density at radius 3 is 2.50 bits per heavy atom. The molecule has 3 nitrogen and oxygen atoms in total. The van der Waals surface area contributed by atoms with E-state index in [1.54, 1.807) is 4.90 Å². The minimum Gasteiger partial charge on any atom is -0.348 e. The van der Waals surface area contributed by atoms with Crippen LogP contribution in [-0.2, 0) is 4.79 Å². The van der Waals surface area contributed by atoms with Crippen molar-refractivity contribution in [1.82, 2.24) is 9.80 Å². The van der Waals surface area contributed by atoms with E-state index in [0.717, 1.165) is 19.6 Å². The van der Waals surface area contributed by atoms with Crippen molar-refractivity contribution in [3.63, 3.8) is 0 Å². The van der Waals surface area contributed by atoms with Crippen molar-refractivity contribution in [2.24, 2.45) is 5.92 Å². The van der Waals surface area contributed by atoms with Gasteiger partial charge in [-0.1, -0.05) is 6.92 Å². The molecule has 1 amide bonds. The average Bonchev–Trinajstić information content (AvgIpc) is 1.94. The Kier molecular flexibility index (Phi) is 3.09. The van der Waals surface area contributed by atoms with Gasteiger partial charge in [-0.05, 0) is 13.0 Å². The van der Waals surface area contributed by atoms with E-state index in [-0.39, 0.29) is 11.8 Å². The third-order valence-corrected chi connectivity index (χ3v) is 2.29. The SMILES string of the molecule is CCCN1CC(C(=O)N(C)C)C1. The van der Waals surface area contributed by atoms with Crippen LogP contribution in [0.5, 0.6) is 0 Å². The molecule has 0 unspecified atom stereocenters. The highest BCUT2D eigenvalue weighted by Gasteiger charge is 2.32. The first kappa shape index (κ1) is 9.52. The summed E-state index contributed by atoms with van der Waals surface area (Å²) in [5.41, 5.74) is 0. The third kappa shape index (κ3) is 1.97. The van der Waals surface area contributed by atoms with Crippen molar-refractivity contribution in [3.8, 4) is 0 Å². The molecular formula is C9H18N2O. The zero-order chi connectivity index (χ0) is 9.14. The predicted octanol–water partition coefficient (Wildman–Crippen LogP) is 0.416. The molecule has 0 bridgehead atoms. The molecular weight excluding hydrogens is 152 g/mol. The molecule has 0 aliphatic carbocycles. The fourth-order valence-electron chi connectivity index (χ4n) is 1.59. The van der Waals surface area contributed by atoms with Crippen molar-refractivity contribution in [3.05, 3.63) is 0 Å². The van der Waals surface area contributed by atoms with Crippen molar-refractivity contribution >= 4 is 5.91 Å². The quantitative estimate of drug-likeness (QED) is 0.612. The Hall–Kier alpha value is -0.570. The minimum atomic E-state index is 0.270. The molecule has 0 atom stereocenters. The number of likely N-dealkylation sites (tertiary alicyclic amines) is 1. The molecule has 1 fully saturated rings. The number of carbonyl (C=O) groups excluding carboxylic acids is 1. The summed E-state index contributed by atoms with van der Waals surface area (Å²) in [6.07, 6.45) is 1.18. The zero-order valence-corrected chi connectivity index (χ0v) is 8.21. The van der Waals surface area contributed by atoms with Gasteiger partial charge in [-0.2, -0.15) is 0 Å². The van der Waals surface area contributed by atoms with Gasteiger partial charge in [0.1, 0.15) is 0 Å². The molecule has 3 heteroatoms. The van der Waals surface area contributed by atoms with Crippen LogP contribution >= 0.6 is 0 Å². The maximum absolute atomic E-state index is 11.4. The first-order valence-corrected chi connectivity index (χ1v) is 4.58. The van der Waals surface area contributed by atoms with Crippen LogP contribution in [0, 0.1) is 5.92 Å². The maximum Gasteiger partial charge on any atom is 0.227 e. The first-order chi connectivity index (χ1) is 5.65. The van der Waals surface area contributed by atoms with E-state index in [1.165, 1.54) is 6.42 Å². The van der Waals surface area contributed by atoms with Crippen molar-refractivity contribution < 1.29 is 4.79 Å². The number of amides is 1. The number of nitrogens with zero attached hydrogens (tertiary/aromatic N) is 2. The molecule has 1 heterocycles. The van der Waals surface area contributed by atoms with Gasteiger partial charge in [-0.3, -0.25) is 4.79 Å². The van der Waals surface area contributed by atoms with Crippen LogP contribution < -0.4 is 0 Å². The Balaban J connectivity index is 2.20. The molecule has 0 radical (unpaired) electrons. The summed E-state index contributed by atoms with van der Waals surface area (Å²) in [6.45, 7) is 5.23. The van der Waals surface area contributed by atoms with Gasteiger partial charge < -0.3 is 9.80 Å². The van der Waals surface area contributed by atoms with E-state index >= 15 is 0 Å². The standard InChI is InChI=1S/C9H18N2O/c1-4-5-11-6-8(7-11)9(12)10(2)3/h8H,4-7H2,1-3H3. The molecule has 0 N–H and O–H groups in total. The largest absolute Gasteiger partial charge is 0.348 e. The summed E-state index contributed by atoms with van der Waals surface area (Å²) in [5, 5.41) is 0. The highest BCUT2D eigenvalue weighted by atomic mass is 16.2. The lowest BCUT2D eigenvalue weighted by atomic mass is 9.99. The molecule has 1 rings (SSSR count). The lowest BCUT2D eigenvalue weighted by Gasteiger charge is -2.39. The van der Waals surface area contributed by atoms with Crippen LogP contribution in [0.15, 0.2) is 0 Å². The van der Waals surface area contributed by atoms with E-state index in [2.05, 4.69) is 11.8 Å². The zero-order valence-electron chi connectivity index (χ0n) is 8.21. The summed E-state index contributed by atoms with van der Waals surface area (Å²) in [4.78, 5) is 15.4. The summed E-state index contributed by atoms with van der Waals surface area (Å²) in [7, 11) is 3.65. The van der Waals surface area contributed by atoms with Crippen LogP contribution in [0.25, 0.3) is 0 Å². The lowest BCUT2D eigenvalue weighted by molar-refractivity contribution is -0.138. The van der Waals surface area contributed by atoms with Crippen LogP contribution in [0.3, 0.4) is 0 Å². The second-order valence-corrected chi connectivity index (χ2v) is 3.69. The van der Waals surface area contributed by atoms with E-state index in [4.69, 9.17) is 0 Å². The van der Waals surface area contributed by atoms with E-state index in [9.17, 15) is 4.79 Å². The summed E-state index contributed by atoms with van der Waals surface area (Å²) >= 11 is 0. The van der Waals surface area contributed by atoms with Crippen LogP contribution in [-0.4, -0.2) is 49.4 Å². The Bertz CT molecular complexity index is 162. The third-order valence-electron chi connectivity index (χ3n) is 2.29. The Morgan fingerprint density at radius 2 is 2.08 bits per heavy atom. The topological polar surface area (TPSA) is 23.6 Å². The summed E-state index contributed by atoms with van der Waals surface area (Å²) in [6, 6.07) is 0. The molecule has 1 aliphatic rings. The normalized spacial score (nSPS) is 18.9. The fraction of sp³-hybridized carbons (Fsp3) is 0.889. The molecule has 0 aromatic heterocycles. The fourth-order valence-corrected chi connectivity index (χ4v) is 1.59. The second-order valence-electron chi connectivity index (χ2n) is 3.69. The average molecular weight is 170 g/mol. The van der Waals surface area contributed by atoms with Gasteiger partial charge in [0.25, 0.3) is 0 Å². The highest BCUT2D eigenvalue weighted by molar-refractivity contribution is 5.79. The molecule has 0 aromatic rings. The lowest BCUT2D eigenvalue weighted by Crippen LogP contribution is -2.53. The van der Waals surface area contributed by atoms with Gasteiger partial charge in [0.05, 0.1) is 5.92 Å². The Labute approximate surface area is 74.3 Å². The van der Waals surface area contributed by atoms with E-state index in [0.29, 0.717) is 0 Å². The van der Waals surface area contributed by atoms with Gasteiger partial charge in [0.2, 0.25) is 5.91 Å². The maximum atomic E-state index is 11.4. The van der Waals surface area contributed by atoms with Crippen molar-refractivity contribution in [2.75, 3.05) is 33.7 Å². The van der Waals surface area contributed by atoms with Gasteiger partial charge in [-0.25, -0.2) is 0 Å². The number of rotatable bonds is 3. The highest BCUT2D eigenvalue weighted by Crippen LogP contribution is 2.16. The predicted molar refractivity (Wildman–Crippen MR) is 48.9 cm³/mol. The summed E-state index contributed by atoms with van der Waals surface area (Å²) < 4.78 is 0.